The Balaban J connectivity index is 1.55. The van der Waals surface area contributed by atoms with Crippen molar-refractivity contribution in [3.05, 3.63) is 12.7 Å². The van der Waals surface area contributed by atoms with Gasteiger partial charge >= 0.3 is 0 Å². The predicted octanol–water partition coefficient (Wildman–Crippen LogP) is 2.53. The number of carbonyl (C=O) groups excluding carboxylic acids is 1. The first-order valence-corrected chi connectivity index (χ1v) is 8.70. The number of fused-ring (bicyclic) bond motifs is 1. The summed E-state index contributed by atoms with van der Waals surface area (Å²) in [6.07, 6.45) is 9.48. The Hall–Kier alpha value is -1.63. The fraction of sp³-hybridized carbons (Fsp3) is 0.600. The van der Waals surface area contributed by atoms with E-state index in [0.717, 1.165) is 17.1 Å². The molecule has 2 heterocycles. The highest BCUT2D eigenvalue weighted by Crippen LogP contribution is 2.26. The topological polar surface area (TPSA) is 83.6 Å². The van der Waals surface area contributed by atoms with Crippen molar-refractivity contribution in [3.8, 4) is 0 Å². The van der Waals surface area contributed by atoms with E-state index in [0.29, 0.717) is 11.6 Å². The van der Waals surface area contributed by atoms with Crippen LogP contribution in [0.4, 0.5) is 0 Å². The lowest BCUT2D eigenvalue weighted by Crippen LogP contribution is -2.35. The molecular formula is C15H21N5OS. The normalized spacial score (nSPS) is 17.5. The fourth-order valence-electron chi connectivity index (χ4n) is 2.83. The van der Waals surface area contributed by atoms with E-state index in [4.69, 9.17) is 0 Å². The van der Waals surface area contributed by atoms with Crippen LogP contribution in [0.1, 0.15) is 39.0 Å². The first-order chi connectivity index (χ1) is 10.7. The predicted molar refractivity (Wildman–Crippen MR) is 86.6 cm³/mol. The number of nitrogens with zero attached hydrogens (tertiary/aromatic N) is 3. The minimum Gasteiger partial charge on any atom is -0.355 e. The molecular weight excluding hydrogens is 298 g/mol. The molecule has 7 heteroatoms. The maximum absolute atomic E-state index is 12.3. The number of nitrogens with one attached hydrogen (secondary N) is 2. The van der Waals surface area contributed by atoms with Gasteiger partial charge in [0.2, 0.25) is 5.91 Å². The van der Waals surface area contributed by atoms with Gasteiger partial charge in [0.25, 0.3) is 0 Å². The third-order valence-electron chi connectivity index (χ3n) is 4.14. The van der Waals surface area contributed by atoms with Gasteiger partial charge in [0.1, 0.15) is 16.9 Å². The van der Waals surface area contributed by atoms with Crippen LogP contribution in [0.3, 0.4) is 0 Å². The van der Waals surface area contributed by atoms with Crippen LogP contribution in [0.2, 0.25) is 0 Å². The van der Waals surface area contributed by atoms with E-state index in [9.17, 15) is 4.79 Å². The summed E-state index contributed by atoms with van der Waals surface area (Å²) in [5.74, 6) is 0.718. The van der Waals surface area contributed by atoms with Gasteiger partial charge in [-0.15, -0.1) is 0 Å². The molecule has 3 rings (SSSR count). The van der Waals surface area contributed by atoms with Crippen LogP contribution in [-0.2, 0) is 4.79 Å². The van der Waals surface area contributed by atoms with Crippen molar-refractivity contribution in [3.63, 3.8) is 0 Å². The molecule has 2 aromatic heterocycles. The average molecular weight is 319 g/mol. The Kier molecular flexibility index (Phi) is 4.92. The zero-order valence-electron chi connectivity index (χ0n) is 12.7. The molecule has 22 heavy (non-hydrogen) atoms. The van der Waals surface area contributed by atoms with Gasteiger partial charge in [-0.2, -0.15) is 0 Å². The van der Waals surface area contributed by atoms with Crippen molar-refractivity contribution in [2.45, 2.75) is 49.3 Å². The summed E-state index contributed by atoms with van der Waals surface area (Å²) in [7, 11) is 0. The Morgan fingerprint density at radius 2 is 2.18 bits per heavy atom. The van der Waals surface area contributed by atoms with Crippen LogP contribution >= 0.6 is 11.8 Å². The van der Waals surface area contributed by atoms with Crippen LogP contribution in [0, 0.1) is 5.92 Å². The molecule has 1 aliphatic rings. The second-order valence-electron chi connectivity index (χ2n) is 5.79. The van der Waals surface area contributed by atoms with Crippen LogP contribution in [0.15, 0.2) is 17.7 Å². The highest BCUT2D eigenvalue weighted by molar-refractivity contribution is 8.00. The summed E-state index contributed by atoms with van der Waals surface area (Å²) in [6.45, 7) is 2.71. The molecule has 0 unspecified atom stereocenters. The molecule has 1 amide bonds. The number of imidazole rings is 1. The van der Waals surface area contributed by atoms with Crippen molar-refractivity contribution in [1.82, 2.24) is 25.3 Å². The number of thioether (sulfide) groups is 1. The van der Waals surface area contributed by atoms with Gasteiger partial charge in [0.05, 0.1) is 11.6 Å². The number of aromatic nitrogens is 4. The maximum atomic E-state index is 12.3. The minimum atomic E-state index is -0.190. The summed E-state index contributed by atoms with van der Waals surface area (Å²) in [5.41, 5.74) is 1.42. The van der Waals surface area contributed by atoms with E-state index in [1.54, 1.807) is 6.33 Å². The van der Waals surface area contributed by atoms with E-state index in [1.165, 1.54) is 50.2 Å². The maximum Gasteiger partial charge on any atom is 0.233 e. The number of rotatable bonds is 5. The van der Waals surface area contributed by atoms with E-state index in [2.05, 4.69) is 25.3 Å². The molecule has 0 aromatic carbocycles. The lowest BCUT2D eigenvalue weighted by molar-refractivity contribution is -0.120. The SMILES string of the molecule is C[C@@H](Sc1ncnc2nc[nH]c12)C(=O)NCC1CCCCC1. The van der Waals surface area contributed by atoms with E-state index in [1.807, 2.05) is 6.92 Å². The standard InChI is InChI=1S/C15H21N5OS/c1-10(14(21)16-7-11-5-3-2-4-6-11)22-15-12-13(18-8-17-12)19-9-20-15/h8-11H,2-7H2,1H3,(H,16,21)(H,17,18,19,20)/t10-/m1/s1. The average Bonchev–Trinajstić information content (AvgIpc) is 3.03. The molecule has 0 saturated heterocycles. The molecule has 0 bridgehead atoms. The summed E-state index contributed by atoms with van der Waals surface area (Å²) >= 11 is 1.44. The summed E-state index contributed by atoms with van der Waals surface area (Å²) in [5, 5.41) is 3.66. The summed E-state index contributed by atoms with van der Waals surface area (Å²) in [4.78, 5) is 27.7. The van der Waals surface area contributed by atoms with Crippen molar-refractivity contribution in [1.29, 1.82) is 0 Å². The zero-order valence-corrected chi connectivity index (χ0v) is 13.5. The van der Waals surface area contributed by atoms with Gasteiger partial charge in [-0.3, -0.25) is 4.79 Å². The van der Waals surface area contributed by atoms with Crippen molar-refractivity contribution in [2.24, 2.45) is 5.92 Å². The van der Waals surface area contributed by atoms with Gasteiger partial charge in [-0.1, -0.05) is 31.0 Å². The molecule has 1 aliphatic carbocycles. The number of hydrogen-bond acceptors (Lipinski definition) is 5. The number of carbonyl (C=O) groups is 1. The van der Waals surface area contributed by atoms with Gasteiger partial charge < -0.3 is 10.3 Å². The number of aromatic amines is 1. The number of hydrogen-bond donors (Lipinski definition) is 2. The lowest BCUT2D eigenvalue weighted by atomic mass is 9.89. The summed E-state index contributed by atoms with van der Waals surface area (Å²) in [6, 6.07) is 0. The smallest absolute Gasteiger partial charge is 0.233 e. The van der Waals surface area contributed by atoms with Crippen molar-refractivity contribution >= 4 is 28.8 Å². The third-order valence-corrected chi connectivity index (χ3v) is 5.24. The van der Waals surface area contributed by atoms with Gasteiger partial charge in [-0.05, 0) is 25.7 Å². The number of H-pyrrole nitrogens is 1. The van der Waals surface area contributed by atoms with Crippen LogP contribution in [-0.4, -0.2) is 37.6 Å². The molecule has 2 aromatic rings. The molecule has 0 radical (unpaired) electrons. The van der Waals surface area contributed by atoms with Crippen molar-refractivity contribution in [2.75, 3.05) is 6.54 Å². The molecule has 0 aliphatic heterocycles. The lowest BCUT2D eigenvalue weighted by Gasteiger charge is -2.22. The first kappa shape index (κ1) is 15.3. The second-order valence-corrected chi connectivity index (χ2v) is 7.12. The van der Waals surface area contributed by atoms with Crippen molar-refractivity contribution < 1.29 is 4.79 Å². The number of amides is 1. The van der Waals surface area contributed by atoms with Gasteiger partial charge in [-0.25, -0.2) is 15.0 Å². The van der Waals surface area contributed by atoms with E-state index in [-0.39, 0.29) is 11.2 Å². The highest BCUT2D eigenvalue weighted by atomic mass is 32.2. The molecule has 1 fully saturated rings. The highest BCUT2D eigenvalue weighted by Gasteiger charge is 2.19. The Morgan fingerprint density at radius 3 is 3.00 bits per heavy atom. The first-order valence-electron chi connectivity index (χ1n) is 7.82. The van der Waals surface area contributed by atoms with E-state index < -0.39 is 0 Å². The Bertz CT molecular complexity index is 638. The second kappa shape index (κ2) is 7.09. The van der Waals surface area contributed by atoms with Gasteiger partial charge in [0, 0.05) is 6.54 Å². The Labute approximate surface area is 133 Å². The zero-order chi connectivity index (χ0) is 15.4. The minimum absolute atomic E-state index is 0.0712. The van der Waals surface area contributed by atoms with Gasteiger partial charge in [0.15, 0.2) is 5.65 Å². The molecule has 118 valence electrons. The molecule has 6 nitrogen and oxygen atoms in total. The van der Waals surface area contributed by atoms with Crippen LogP contribution in [0.5, 0.6) is 0 Å². The van der Waals surface area contributed by atoms with Crippen LogP contribution < -0.4 is 5.32 Å². The molecule has 1 atom stereocenters. The largest absolute Gasteiger partial charge is 0.355 e. The molecule has 2 N–H and O–H groups in total. The molecule has 0 spiro atoms. The Morgan fingerprint density at radius 1 is 1.36 bits per heavy atom. The quantitative estimate of drug-likeness (QED) is 0.653. The molecule has 1 saturated carbocycles. The third kappa shape index (κ3) is 3.58. The summed E-state index contributed by atoms with van der Waals surface area (Å²) < 4.78 is 0. The van der Waals surface area contributed by atoms with Crippen LogP contribution in [0.25, 0.3) is 11.2 Å². The monoisotopic (exact) mass is 319 g/mol. The van der Waals surface area contributed by atoms with E-state index >= 15 is 0 Å². The fourth-order valence-corrected chi connectivity index (χ4v) is 3.73.